The van der Waals surface area contributed by atoms with Gasteiger partial charge < -0.3 is 0 Å². The van der Waals surface area contributed by atoms with Gasteiger partial charge in [0, 0.05) is 16.1 Å². The fourth-order valence-corrected chi connectivity index (χ4v) is 1.19. The van der Waals surface area contributed by atoms with Crippen LogP contribution in [0.15, 0.2) is 29.2 Å². The summed E-state index contributed by atoms with van der Waals surface area (Å²) in [5.74, 6) is 0. The molecule has 0 heterocycles. The number of hydrogen-bond donors (Lipinski definition) is 2. The van der Waals surface area contributed by atoms with Crippen LogP contribution < -0.4 is 4.76 Å². The monoisotopic (exact) mass is 291 g/mol. The van der Waals surface area contributed by atoms with Crippen molar-refractivity contribution in [1.82, 2.24) is 0 Å². The molecule has 0 aliphatic heterocycles. The summed E-state index contributed by atoms with van der Waals surface area (Å²) in [5.41, 5.74) is 0.956. The van der Waals surface area contributed by atoms with Gasteiger partial charge in [0.05, 0.1) is 4.90 Å². The van der Waals surface area contributed by atoms with Crippen LogP contribution in [0.4, 0.5) is 0 Å². The van der Waals surface area contributed by atoms with Crippen LogP contribution >= 0.6 is 16.1 Å². The molecule has 0 radical (unpaired) electrons. The standard InChI is InChI=1S/C7H8O3S.BrH2N.Na.H/c1-6-2-4-7(5-3-6)11(8,9)10;1-2;;/h2-5H,1H3,(H,8,9,10);2H2;;. The fraction of sp³-hybridized carbons (Fsp3) is 0.143. The van der Waals surface area contributed by atoms with Crippen LogP contribution in [0.3, 0.4) is 0 Å². The van der Waals surface area contributed by atoms with E-state index in [2.05, 4.69) is 20.9 Å². The van der Waals surface area contributed by atoms with Gasteiger partial charge >= 0.3 is 29.6 Å². The molecule has 1 aromatic rings. The molecule has 0 aliphatic rings. The first-order valence-corrected chi connectivity index (χ1v) is 5.62. The predicted octanol–water partition coefficient (Wildman–Crippen LogP) is 0.848. The number of hydrogen-bond acceptors (Lipinski definition) is 3. The van der Waals surface area contributed by atoms with E-state index in [1.807, 2.05) is 6.92 Å². The summed E-state index contributed by atoms with van der Waals surface area (Å²) in [6, 6.07) is 5.99. The van der Waals surface area contributed by atoms with Crippen molar-refractivity contribution < 1.29 is 13.0 Å². The first kappa shape index (κ1) is 17.0. The van der Waals surface area contributed by atoms with Gasteiger partial charge in [-0.25, -0.2) is 0 Å². The SMILES string of the molecule is Cc1ccc(S(=O)(=O)O)cc1.NBr.[NaH]. The molecule has 0 aromatic heterocycles. The Kier molecular flexibility index (Phi) is 9.47. The second-order valence-electron chi connectivity index (χ2n) is 2.29. The zero-order valence-electron chi connectivity index (χ0n) is 6.94. The van der Waals surface area contributed by atoms with Crippen LogP contribution in [0.5, 0.6) is 0 Å². The Balaban J connectivity index is 0. The van der Waals surface area contributed by atoms with E-state index in [0.717, 1.165) is 5.56 Å². The molecule has 0 aliphatic carbocycles. The number of halogens is 1. The van der Waals surface area contributed by atoms with E-state index in [1.165, 1.54) is 12.1 Å². The summed E-state index contributed by atoms with van der Waals surface area (Å²) in [4.78, 5) is -0.0666. The van der Waals surface area contributed by atoms with Crippen molar-refractivity contribution in [3.63, 3.8) is 0 Å². The molecular formula is C7H11BrNNaO3S. The average molecular weight is 292 g/mol. The second kappa shape index (κ2) is 7.81. The van der Waals surface area contributed by atoms with Crippen molar-refractivity contribution >= 4 is 55.8 Å². The van der Waals surface area contributed by atoms with E-state index in [9.17, 15) is 8.42 Å². The van der Waals surface area contributed by atoms with Crippen molar-refractivity contribution in [3.8, 4) is 0 Å². The maximum atomic E-state index is 10.5. The van der Waals surface area contributed by atoms with Crippen LogP contribution in [-0.2, 0) is 10.1 Å². The van der Waals surface area contributed by atoms with Crippen molar-refractivity contribution in [2.24, 2.45) is 4.76 Å². The molecule has 0 fully saturated rings. The molecule has 0 spiro atoms. The number of nitrogens with two attached hydrogens (primary N) is 1. The molecular weight excluding hydrogens is 281 g/mol. The topological polar surface area (TPSA) is 80.4 Å². The van der Waals surface area contributed by atoms with Crippen LogP contribution in [0.1, 0.15) is 5.56 Å². The quantitative estimate of drug-likeness (QED) is 0.457. The average Bonchev–Trinajstić information content (AvgIpc) is 2.07. The minimum absolute atomic E-state index is 0. The minimum atomic E-state index is -4.02. The summed E-state index contributed by atoms with van der Waals surface area (Å²) in [5, 5.41) is 0. The third-order valence-electron chi connectivity index (χ3n) is 1.32. The molecule has 1 aromatic carbocycles. The number of aryl methyl sites for hydroxylation is 1. The zero-order valence-corrected chi connectivity index (χ0v) is 9.34. The Bertz CT molecular complexity index is 352. The Hall–Kier alpha value is 0.570. The summed E-state index contributed by atoms with van der Waals surface area (Å²) < 4.78 is 33.9. The molecule has 14 heavy (non-hydrogen) atoms. The van der Waals surface area contributed by atoms with Crippen LogP contribution in [0.25, 0.3) is 0 Å². The molecule has 0 amide bonds. The van der Waals surface area contributed by atoms with Gasteiger partial charge in [-0.2, -0.15) is 8.42 Å². The first-order valence-electron chi connectivity index (χ1n) is 3.26. The Morgan fingerprint density at radius 2 is 1.57 bits per heavy atom. The Labute approximate surface area is 114 Å². The van der Waals surface area contributed by atoms with Crippen molar-refractivity contribution in [2.75, 3.05) is 0 Å². The van der Waals surface area contributed by atoms with Gasteiger partial charge in [0.1, 0.15) is 0 Å². The summed E-state index contributed by atoms with van der Waals surface area (Å²) in [6.45, 7) is 1.84. The third kappa shape index (κ3) is 6.13. The molecule has 0 unspecified atom stereocenters. The molecule has 0 atom stereocenters. The van der Waals surface area contributed by atoms with Crippen molar-refractivity contribution in [2.45, 2.75) is 11.8 Å². The summed E-state index contributed by atoms with van der Waals surface area (Å²) in [6.07, 6.45) is 0. The fourth-order valence-electron chi connectivity index (χ4n) is 0.710. The van der Waals surface area contributed by atoms with Crippen molar-refractivity contribution in [1.29, 1.82) is 0 Å². The summed E-state index contributed by atoms with van der Waals surface area (Å²) in [7, 11) is -4.02. The van der Waals surface area contributed by atoms with Crippen LogP contribution in [-0.4, -0.2) is 42.5 Å². The molecule has 0 saturated heterocycles. The van der Waals surface area contributed by atoms with Gasteiger partial charge in [-0.15, -0.1) is 0 Å². The van der Waals surface area contributed by atoms with Gasteiger partial charge in [-0.3, -0.25) is 9.31 Å². The molecule has 3 N–H and O–H groups in total. The molecule has 7 heteroatoms. The third-order valence-corrected chi connectivity index (χ3v) is 2.19. The molecule has 4 nitrogen and oxygen atoms in total. The molecule has 76 valence electrons. The van der Waals surface area contributed by atoms with E-state index in [4.69, 9.17) is 4.55 Å². The zero-order chi connectivity index (χ0) is 10.5. The van der Waals surface area contributed by atoms with Crippen molar-refractivity contribution in [3.05, 3.63) is 29.8 Å². The van der Waals surface area contributed by atoms with Gasteiger partial charge in [-0.1, -0.05) is 17.7 Å². The normalized spacial score (nSPS) is 9.43. The number of rotatable bonds is 1. The molecule has 0 saturated carbocycles. The van der Waals surface area contributed by atoms with Gasteiger partial charge in [0.15, 0.2) is 0 Å². The van der Waals surface area contributed by atoms with Gasteiger partial charge in [-0.05, 0) is 19.1 Å². The predicted molar refractivity (Wildman–Crippen MR) is 61.3 cm³/mol. The molecule has 1 rings (SSSR count). The van der Waals surface area contributed by atoms with E-state index in [-0.39, 0.29) is 34.5 Å². The van der Waals surface area contributed by atoms with Crippen LogP contribution in [0.2, 0.25) is 0 Å². The van der Waals surface area contributed by atoms with E-state index < -0.39 is 10.1 Å². The maximum absolute atomic E-state index is 10.5. The van der Waals surface area contributed by atoms with Crippen LogP contribution in [0, 0.1) is 6.92 Å². The van der Waals surface area contributed by atoms with Gasteiger partial charge in [0.25, 0.3) is 10.1 Å². The van der Waals surface area contributed by atoms with E-state index in [1.54, 1.807) is 12.1 Å². The Morgan fingerprint density at radius 1 is 1.21 bits per heavy atom. The van der Waals surface area contributed by atoms with E-state index >= 15 is 0 Å². The van der Waals surface area contributed by atoms with Gasteiger partial charge in [0.2, 0.25) is 0 Å². The Morgan fingerprint density at radius 3 is 1.86 bits per heavy atom. The first-order chi connectivity index (χ1) is 6.00. The summed E-state index contributed by atoms with van der Waals surface area (Å²) >= 11 is 2.44. The van der Waals surface area contributed by atoms with E-state index in [0.29, 0.717) is 0 Å². The molecule has 0 bridgehead atoms. The second-order valence-corrected chi connectivity index (χ2v) is 3.71. The number of benzene rings is 1.